The number of hydrogen-bond acceptors (Lipinski definition) is 3. The summed E-state index contributed by atoms with van der Waals surface area (Å²) in [4.78, 5) is 1.28. The van der Waals surface area contributed by atoms with Crippen LogP contribution in [0.5, 0.6) is 5.75 Å². The molecule has 2 aromatic rings. The Morgan fingerprint density at radius 1 is 1.42 bits per heavy atom. The Hall–Kier alpha value is -1.39. The highest BCUT2D eigenvalue weighted by molar-refractivity contribution is 7.09. The third-order valence-corrected chi connectivity index (χ3v) is 3.90. The molecule has 0 amide bonds. The number of ether oxygens (including phenoxy) is 1. The van der Waals surface area contributed by atoms with Crippen molar-refractivity contribution in [2.24, 2.45) is 5.73 Å². The summed E-state index contributed by atoms with van der Waals surface area (Å²) in [6.45, 7) is 4.13. The van der Waals surface area contributed by atoms with Gasteiger partial charge in [0.2, 0.25) is 0 Å². The normalized spacial score (nSPS) is 12.4. The lowest BCUT2D eigenvalue weighted by Gasteiger charge is -2.15. The lowest BCUT2D eigenvalue weighted by atomic mass is 10.1. The fraction of sp³-hybridized carbons (Fsp3) is 0.333. The highest BCUT2D eigenvalue weighted by Crippen LogP contribution is 2.27. The molecule has 2 N–H and O–H groups in total. The van der Waals surface area contributed by atoms with Crippen molar-refractivity contribution in [2.75, 3.05) is 6.61 Å². The predicted molar refractivity (Wildman–Crippen MR) is 77.3 cm³/mol. The van der Waals surface area contributed by atoms with Gasteiger partial charge in [-0.25, -0.2) is 4.39 Å². The maximum Gasteiger partial charge on any atom is 0.126 e. The van der Waals surface area contributed by atoms with Gasteiger partial charge in [0.1, 0.15) is 11.6 Å². The van der Waals surface area contributed by atoms with Gasteiger partial charge in [-0.2, -0.15) is 0 Å². The number of thiophene rings is 1. The highest BCUT2D eigenvalue weighted by atomic mass is 32.1. The van der Waals surface area contributed by atoms with Gasteiger partial charge in [-0.1, -0.05) is 6.07 Å². The first-order valence-electron chi connectivity index (χ1n) is 6.28. The number of benzene rings is 1. The Balaban J connectivity index is 2.08. The summed E-state index contributed by atoms with van der Waals surface area (Å²) in [5.41, 5.74) is 7.15. The van der Waals surface area contributed by atoms with Gasteiger partial charge in [0.05, 0.1) is 6.61 Å². The second-order valence-corrected chi connectivity index (χ2v) is 5.64. The van der Waals surface area contributed by atoms with Gasteiger partial charge in [0.25, 0.3) is 0 Å². The van der Waals surface area contributed by atoms with Gasteiger partial charge in [-0.3, -0.25) is 0 Å². The van der Waals surface area contributed by atoms with E-state index in [1.54, 1.807) is 24.3 Å². The Kier molecular flexibility index (Phi) is 4.56. The third-order valence-electron chi connectivity index (χ3n) is 2.97. The zero-order chi connectivity index (χ0) is 13.8. The topological polar surface area (TPSA) is 35.2 Å². The first-order valence-corrected chi connectivity index (χ1v) is 7.16. The van der Waals surface area contributed by atoms with Crippen molar-refractivity contribution in [3.05, 3.63) is 51.5 Å². The maximum absolute atomic E-state index is 13.6. The van der Waals surface area contributed by atoms with Crippen LogP contribution in [0.25, 0.3) is 0 Å². The van der Waals surface area contributed by atoms with Crippen LogP contribution >= 0.6 is 11.3 Å². The number of hydrogen-bond donors (Lipinski definition) is 1. The minimum atomic E-state index is -0.244. The molecule has 1 atom stereocenters. The third kappa shape index (κ3) is 3.55. The van der Waals surface area contributed by atoms with Crippen LogP contribution in [0.15, 0.2) is 29.6 Å². The van der Waals surface area contributed by atoms with Crippen molar-refractivity contribution >= 4 is 11.3 Å². The summed E-state index contributed by atoms with van der Waals surface area (Å²) in [6.07, 6.45) is 0.854. The van der Waals surface area contributed by atoms with Crippen LogP contribution in [-0.4, -0.2) is 6.61 Å². The number of nitrogens with two attached hydrogens (primary N) is 1. The van der Waals surface area contributed by atoms with E-state index in [1.807, 2.05) is 18.4 Å². The highest BCUT2D eigenvalue weighted by Gasteiger charge is 2.12. The average molecular weight is 279 g/mol. The summed E-state index contributed by atoms with van der Waals surface area (Å²) < 4.78 is 19.3. The molecule has 0 aliphatic rings. The fourth-order valence-corrected chi connectivity index (χ4v) is 2.56. The van der Waals surface area contributed by atoms with Crippen LogP contribution in [0.1, 0.15) is 29.0 Å². The molecule has 0 bridgehead atoms. The molecule has 2 nitrogen and oxygen atoms in total. The average Bonchev–Trinajstić information content (AvgIpc) is 2.86. The molecule has 2 rings (SSSR count). The Morgan fingerprint density at radius 2 is 2.21 bits per heavy atom. The monoisotopic (exact) mass is 279 g/mol. The van der Waals surface area contributed by atoms with Crippen molar-refractivity contribution in [3.63, 3.8) is 0 Å². The molecule has 0 saturated heterocycles. The molecule has 1 aromatic heterocycles. The molecule has 4 heteroatoms. The molecular formula is C15H18FNOS. The largest absolute Gasteiger partial charge is 0.493 e. The summed E-state index contributed by atoms with van der Waals surface area (Å²) in [7, 11) is 0. The van der Waals surface area contributed by atoms with E-state index in [-0.39, 0.29) is 11.9 Å². The van der Waals surface area contributed by atoms with E-state index in [4.69, 9.17) is 10.5 Å². The number of rotatable bonds is 5. The van der Waals surface area contributed by atoms with E-state index in [0.29, 0.717) is 23.5 Å². The molecule has 0 spiro atoms. The zero-order valence-electron chi connectivity index (χ0n) is 11.2. The molecule has 102 valence electrons. The van der Waals surface area contributed by atoms with E-state index in [0.717, 1.165) is 6.42 Å². The molecule has 0 aliphatic carbocycles. The van der Waals surface area contributed by atoms with E-state index >= 15 is 0 Å². The second kappa shape index (κ2) is 6.17. The Labute approximate surface area is 117 Å². The SMILES string of the molecule is Cc1cc(OCCc2cccs2)c(C(C)N)cc1F. The van der Waals surface area contributed by atoms with E-state index < -0.39 is 0 Å². The molecule has 19 heavy (non-hydrogen) atoms. The van der Waals surface area contributed by atoms with E-state index in [9.17, 15) is 4.39 Å². The first-order chi connectivity index (χ1) is 9.08. The minimum Gasteiger partial charge on any atom is -0.493 e. The van der Waals surface area contributed by atoms with Crippen LogP contribution < -0.4 is 10.5 Å². The smallest absolute Gasteiger partial charge is 0.126 e. The maximum atomic E-state index is 13.6. The van der Waals surface area contributed by atoms with E-state index in [2.05, 4.69) is 6.07 Å². The lowest BCUT2D eigenvalue weighted by Crippen LogP contribution is -2.10. The molecular weight excluding hydrogens is 261 g/mol. The number of aryl methyl sites for hydroxylation is 1. The van der Waals surface area contributed by atoms with Crippen molar-refractivity contribution in [2.45, 2.75) is 26.3 Å². The van der Waals surface area contributed by atoms with Crippen LogP contribution in [0.3, 0.4) is 0 Å². The molecule has 1 unspecified atom stereocenters. The van der Waals surface area contributed by atoms with Crippen molar-refractivity contribution in [1.29, 1.82) is 0 Å². The molecule has 0 radical (unpaired) electrons. The van der Waals surface area contributed by atoms with Crippen LogP contribution in [0, 0.1) is 12.7 Å². The van der Waals surface area contributed by atoms with Crippen molar-refractivity contribution < 1.29 is 9.13 Å². The van der Waals surface area contributed by atoms with Crippen molar-refractivity contribution in [3.8, 4) is 5.75 Å². The van der Waals surface area contributed by atoms with Gasteiger partial charge >= 0.3 is 0 Å². The van der Waals surface area contributed by atoms with E-state index in [1.165, 1.54) is 10.9 Å². The quantitative estimate of drug-likeness (QED) is 0.902. The fourth-order valence-electron chi connectivity index (χ4n) is 1.87. The van der Waals surface area contributed by atoms with Gasteiger partial charge in [0.15, 0.2) is 0 Å². The molecule has 0 aliphatic heterocycles. The van der Waals surface area contributed by atoms with Crippen molar-refractivity contribution in [1.82, 2.24) is 0 Å². The summed E-state index contributed by atoms with van der Waals surface area (Å²) in [5, 5.41) is 2.05. The second-order valence-electron chi connectivity index (χ2n) is 4.61. The first kappa shape index (κ1) is 14.0. The van der Waals surface area contributed by atoms with Crippen LogP contribution in [-0.2, 0) is 6.42 Å². The molecule has 0 saturated carbocycles. The predicted octanol–water partition coefficient (Wildman–Crippen LogP) is 3.84. The Bertz CT molecular complexity index is 537. The number of halogens is 1. The zero-order valence-corrected chi connectivity index (χ0v) is 12.0. The lowest BCUT2D eigenvalue weighted by molar-refractivity contribution is 0.317. The summed E-state index contributed by atoms with van der Waals surface area (Å²) in [6, 6.07) is 7.06. The van der Waals surface area contributed by atoms with Gasteiger partial charge in [0, 0.05) is 22.9 Å². The van der Waals surface area contributed by atoms with Gasteiger partial charge in [-0.05, 0) is 43.0 Å². The summed E-state index contributed by atoms with van der Waals surface area (Å²) >= 11 is 1.71. The molecule has 0 fully saturated rings. The van der Waals surface area contributed by atoms with Crippen LogP contribution in [0.4, 0.5) is 4.39 Å². The standard InChI is InChI=1S/C15H18FNOS/c1-10-8-15(13(11(2)17)9-14(10)16)18-6-5-12-4-3-7-19-12/h3-4,7-9,11H,5-6,17H2,1-2H3. The van der Waals surface area contributed by atoms with Crippen LogP contribution in [0.2, 0.25) is 0 Å². The van der Waals surface area contributed by atoms with Gasteiger partial charge < -0.3 is 10.5 Å². The minimum absolute atomic E-state index is 0.238. The Morgan fingerprint density at radius 3 is 2.84 bits per heavy atom. The summed E-state index contributed by atoms with van der Waals surface area (Å²) in [5.74, 6) is 0.448. The van der Waals surface area contributed by atoms with Gasteiger partial charge in [-0.15, -0.1) is 11.3 Å². The molecule has 1 heterocycles. The molecule has 1 aromatic carbocycles.